The molecule has 0 saturated heterocycles. The van der Waals surface area contributed by atoms with Crippen molar-refractivity contribution >= 4 is 36.1 Å². The minimum absolute atomic E-state index is 0.526. The zero-order valence-corrected chi connectivity index (χ0v) is 12.5. The Morgan fingerprint density at radius 1 is 1.18 bits per heavy atom. The van der Waals surface area contributed by atoms with E-state index in [0.717, 1.165) is 6.54 Å². The molecule has 3 heteroatoms. The van der Waals surface area contributed by atoms with Crippen molar-refractivity contribution in [3.05, 3.63) is 40.8 Å². The number of hydrogen-bond donors (Lipinski definition) is 0. The molecule has 0 spiro atoms. The Morgan fingerprint density at radius 3 is 2.71 bits per heavy atom. The van der Waals surface area contributed by atoms with Gasteiger partial charge < -0.3 is 0 Å². The quantitative estimate of drug-likeness (QED) is 0.505. The molecule has 0 unspecified atom stereocenters. The first kappa shape index (κ1) is 11.2. The first-order chi connectivity index (χ1) is 8.29. The van der Waals surface area contributed by atoms with E-state index in [9.17, 15) is 0 Å². The fourth-order valence-electron chi connectivity index (χ4n) is 2.08. The molecule has 3 aromatic rings. The predicted octanol–water partition coefficient (Wildman–Crippen LogP) is 3.24. The predicted molar refractivity (Wildman–Crippen MR) is 74.8 cm³/mol. The molecule has 0 fully saturated rings. The van der Waals surface area contributed by atoms with Crippen molar-refractivity contribution < 1.29 is 4.57 Å². The summed E-state index contributed by atoms with van der Waals surface area (Å²) < 4.78 is 6.89. The van der Waals surface area contributed by atoms with E-state index in [-0.39, 0.29) is 0 Å². The van der Waals surface area contributed by atoms with Crippen molar-refractivity contribution in [3.8, 4) is 9.44 Å². The van der Waals surface area contributed by atoms with E-state index in [1.165, 1.54) is 24.1 Å². The van der Waals surface area contributed by atoms with Crippen LogP contribution in [0.4, 0.5) is 0 Å². The van der Waals surface area contributed by atoms with E-state index in [0.29, 0.717) is 14.5 Å². The molecule has 0 atom stereocenters. The van der Waals surface area contributed by atoms with Gasteiger partial charge in [-0.2, -0.15) is 0 Å². The number of rotatable bonds is 2. The Bertz CT molecular complexity index is 666. The molecule has 17 heavy (non-hydrogen) atoms. The van der Waals surface area contributed by atoms with Crippen LogP contribution in [0.25, 0.3) is 19.7 Å². The average molecular weight is 307 g/mol. The van der Waals surface area contributed by atoms with E-state index in [4.69, 9.17) is 0 Å². The van der Waals surface area contributed by atoms with Crippen LogP contribution in [0.1, 0.15) is 11.4 Å². The second-order valence-corrected chi connectivity index (χ2v) is 7.76. The molecule has 0 aliphatic carbocycles. The Balaban J connectivity index is 2.29. The van der Waals surface area contributed by atoms with Gasteiger partial charge in [-0.1, -0.05) is 0 Å². The maximum atomic E-state index is 2.44. The Morgan fingerprint density at radius 2 is 2.00 bits per heavy atom. The van der Waals surface area contributed by atoms with Crippen LogP contribution in [0, 0.1) is 6.92 Å². The summed E-state index contributed by atoms with van der Waals surface area (Å²) in [5.74, 6) is 0. The first-order valence-corrected chi connectivity index (χ1v) is 8.30. The number of aromatic nitrogens is 1. The molecule has 2 aromatic heterocycles. The number of para-hydroxylation sites is 1. The summed E-state index contributed by atoms with van der Waals surface area (Å²) >= 11 is 2.45. The molecule has 0 aliphatic rings. The van der Waals surface area contributed by atoms with E-state index in [1.807, 2.05) is 11.3 Å². The molecule has 2 heterocycles. The maximum absolute atomic E-state index is 2.44. The normalized spacial score (nSPS) is 11.2. The van der Waals surface area contributed by atoms with Crippen molar-refractivity contribution in [1.29, 1.82) is 0 Å². The number of aryl methyl sites for hydroxylation is 2. The number of hydrogen-bond acceptors (Lipinski definition) is 1. The van der Waals surface area contributed by atoms with Gasteiger partial charge in [0, 0.05) is 0 Å². The number of thiazole rings is 1. The SMILES string of the molecule is CC[n+]1c(-c2ccc(C)[se]2)sc2ccccc21. The number of fused-ring (bicyclic) bond motifs is 1. The summed E-state index contributed by atoms with van der Waals surface area (Å²) in [7, 11) is 0. The Hall–Kier alpha value is -0.891. The third kappa shape index (κ3) is 1.89. The minimum atomic E-state index is 0.526. The van der Waals surface area contributed by atoms with Crippen molar-refractivity contribution in [2.45, 2.75) is 20.4 Å². The fourth-order valence-corrected chi connectivity index (χ4v) is 5.42. The van der Waals surface area contributed by atoms with Crippen molar-refractivity contribution in [1.82, 2.24) is 0 Å². The molecule has 0 saturated carbocycles. The molecule has 0 amide bonds. The summed E-state index contributed by atoms with van der Waals surface area (Å²) in [6.07, 6.45) is 0. The van der Waals surface area contributed by atoms with Crippen LogP contribution in [0.5, 0.6) is 0 Å². The van der Waals surface area contributed by atoms with Gasteiger partial charge in [0.1, 0.15) is 0 Å². The van der Waals surface area contributed by atoms with Crippen LogP contribution in [0.3, 0.4) is 0 Å². The van der Waals surface area contributed by atoms with Gasteiger partial charge in [0.25, 0.3) is 0 Å². The monoisotopic (exact) mass is 308 g/mol. The number of nitrogens with zero attached hydrogens (tertiary/aromatic N) is 1. The van der Waals surface area contributed by atoms with Crippen LogP contribution in [0.15, 0.2) is 36.4 Å². The fraction of sp³-hybridized carbons (Fsp3) is 0.214. The third-order valence-electron chi connectivity index (χ3n) is 2.88. The average Bonchev–Trinajstić information content (AvgIpc) is 2.91. The summed E-state index contributed by atoms with van der Waals surface area (Å²) in [5, 5.41) is 1.45. The van der Waals surface area contributed by atoms with E-state index in [2.05, 4.69) is 54.8 Å². The van der Waals surface area contributed by atoms with Crippen LogP contribution in [-0.4, -0.2) is 14.5 Å². The van der Waals surface area contributed by atoms with Gasteiger partial charge in [0.15, 0.2) is 0 Å². The molecular weight excluding hydrogens is 293 g/mol. The second-order valence-electron chi connectivity index (χ2n) is 4.03. The molecular formula is C14H14NSSe+. The van der Waals surface area contributed by atoms with E-state index in [1.54, 1.807) is 0 Å². The van der Waals surface area contributed by atoms with Crippen LogP contribution < -0.4 is 4.57 Å². The molecule has 0 radical (unpaired) electrons. The van der Waals surface area contributed by atoms with Gasteiger partial charge in [-0.3, -0.25) is 0 Å². The van der Waals surface area contributed by atoms with E-state index < -0.39 is 0 Å². The summed E-state index contributed by atoms with van der Waals surface area (Å²) in [5.41, 5.74) is 1.37. The zero-order chi connectivity index (χ0) is 11.8. The summed E-state index contributed by atoms with van der Waals surface area (Å²) in [6.45, 7) is 5.50. The van der Waals surface area contributed by atoms with Crippen molar-refractivity contribution in [3.63, 3.8) is 0 Å². The second kappa shape index (κ2) is 4.41. The first-order valence-electron chi connectivity index (χ1n) is 5.78. The van der Waals surface area contributed by atoms with Crippen LogP contribution in [0.2, 0.25) is 0 Å². The summed E-state index contributed by atoms with van der Waals surface area (Å²) in [6, 6.07) is 13.3. The molecule has 0 bridgehead atoms. The van der Waals surface area contributed by atoms with Crippen molar-refractivity contribution in [2.24, 2.45) is 0 Å². The van der Waals surface area contributed by atoms with E-state index >= 15 is 0 Å². The zero-order valence-electron chi connectivity index (χ0n) is 9.93. The standard InChI is InChI=1S/C14H14NSSe/c1-3-15-11-6-4-5-7-12(11)16-14(15)13-9-8-10(2)17-13/h4-9H,3H2,1-2H3/q+1. The molecule has 1 aromatic carbocycles. The molecule has 3 rings (SSSR count). The van der Waals surface area contributed by atoms with Crippen LogP contribution >= 0.6 is 11.3 Å². The van der Waals surface area contributed by atoms with Gasteiger partial charge >= 0.3 is 111 Å². The van der Waals surface area contributed by atoms with Gasteiger partial charge in [0.05, 0.1) is 0 Å². The Kier molecular flexibility index (Phi) is 2.91. The molecule has 86 valence electrons. The van der Waals surface area contributed by atoms with Crippen LogP contribution in [-0.2, 0) is 6.54 Å². The van der Waals surface area contributed by atoms with Gasteiger partial charge in [-0.15, -0.1) is 0 Å². The summed E-state index contributed by atoms with van der Waals surface area (Å²) in [4.78, 5) is 0. The third-order valence-corrected chi connectivity index (χ3v) is 6.48. The molecule has 0 aliphatic heterocycles. The van der Waals surface area contributed by atoms with Gasteiger partial charge in [-0.05, 0) is 0 Å². The topological polar surface area (TPSA) is 3.88 Å². The van der Waals surface area contributed by atoms with Crippen molar-refractivity contribution in [2.75, 3.05) is 0 Å². The Labute approximate surface area is 111 Å². The van der Waals surface area contributed by atoms with Gasteiger partial charge in [0.2, 0.25) is 0 Å². The van der Waals surface area contributed by atoms with Gasteiger partial charge in [-0.25, -0.2) is 0 Å². The molecule has 0 N–H and O–H groups in total. The number of benzene rings is 1. The molecule has 1 nitrogen and oxygen atoms in total.